The average Bonchev–Trinajstić information content (AvgIpc) is 2.92. The molecule has 0 aromatic rings. The number of amides is 1. The quantitative estimate of drug-likeness (QED) is 0.819. The number of halogens is 1. The smallest absolute Gasteiger partial charge is 0.236 e. The summed E-state index contributed by atoms with van der Waals surface area (Å²) in [6.45, 7) is 5.92. The first-order valence-electron chi connectivity index (χ1n) is 7.80. The Labute approximate surface area is 128 Å². The Kier molecular flexibility index (Phi) is 6.76. The maximum Gasteiger partial charge on any atom is 0.236 e. The zero-order valence-corrected chi connectivity index (χ0v) is 13.6. The van der Waals surface area contributed by atoms with E-state index < -0.39 is 0 Å². The van der Waals surface area contributed by atoms with Gasteiger partial charge in [-0.25, -0.2) is 0 Å². The van der Waals surface area contributed by atoms with Gasteiger partial charge in [-0.3, -0.25) is 4.79 Å². The summed E-state index contributed by atoms with van der Waals surface area (Å²) in [6.07, 6.45) is 7.32. The third kappa shape index (κ3) is 2.97. The van der Waals surface area contributed by atoms with Crippen LogP contribution in [-0.4, -0.2) is 42.6 Å². The third-order valence-corrected chi connectivity index (χ3v) is 4.98. The minimum Gasteiger partial charge on any atom is -0.378 e. The van der Waals surface area contributed by atoms with Crippen LogP contribution in [0.3, 0.4) is 0 Å². The van der Waals surface area contributed by atoms with Gasteiger partial charge in [0.25, 0.3) is 0 Å². The van der Waals surface area contributed by atoms with E-state index in [4.69, 9.17) is 10.5 Å². The summed E-state index contributed by atoms with van der Waals surface area (Å²) >= 11 is 0. The van der Waals surface area contributed by atoms with E-state index >= 15 is 0 Å². The van der Waals surface area contributed by atoms with E-state index in [0.717, 1.165) is 26.0 Å². The molecule has 118 valence electrons. The van der Waals surface area contributed by atoms with Crippen LogP contribution in [0, 0.1) is 5.41 Å². The fourth-order valence-corrected chi connectivity index (χ4v) is 4.10. The molecule has 2 saturated carbocycles. The van der Waals surface area contributed by atoms with Crippen molar-refractivity contribution in [2.45, 2.75) is 64.5 Å². The van der Waals surface area contributed by atoms with Gasteiger partial charge in [0.1, 0.15) is 0 Å². The van der Waals surface area contributed by atoms with Gasteiger partial charge in [-0.1, -0.05) is 19.8 Å². The molecule has 0 saturated heterocycles. The van der Waals surface area contributed by atoms with Crippen LogP contribution in [0.5, 0.6) is 0 Å². The fourth-order valence-electron chi connectivity index (χ4n) is 4.10. The number of ether oxygens (including phenoxy) is 1. The molecule has 2 unspecified atom stereocenters. The molecule has 4 nitrogen and oxygen atoms in total. The van der Waals surface area contributed by atoms with Gasteiger partial charge < -0.3 is 15.4 Å². The number of nitrogens with zero attached hydrogens (tertiary/aromatic N) is 1. The standard InChI is InChI=1S/C15H28N2O2.ClH/c1-3-9-17(14(18)11-16)12-10-13(19-4-2)15(12)7-5-6-8-15;/h12-13H,3-11,16H2,1-2H3;1H. The lowest BCUT2D eigenvalue weighted by Gasteiger charge is -2.57. The van der Waals surface area contributed by atoms with Crippen LogP contribution in [0.25, 0.3) is 0 Å². The van der Waals surface area contributed by atoms with Crippen LogP contribution in [0.2, 0.25) is 0 Å². The van der Waals surface area contributed by atoms with Gasteiger partial charge in [0, 0.05) is 24.6 Å². The first-order valence-corrected chi connectivity index (χ1v) is 7.80. The second-order valence-electron chi connectivity index (χ2n) is 5.93. The second-order valence-corrected chi connectivity index (χ2v) is 5.93. The molecular weight excluding hydrogens is 276 g/mol. The molecule has 2 atom stereocenters. The first kappa shape index (κ1) is 17.7. The highest BCUT2D eigenvalue weighted by Crippen LogP contribution is 2.56. The zero-order valence-electron chi connectivity index (χ0n) is 12.8. The number of carbonyl (C=O) groups is 1. The maximum atomic E-state index is 12.1. The molecule has 0 bridgehead atoms. The maximum absolute atomic E-state index is 12.1. The minimum absolute atomic E-state index is 0. The van der Waals surface area contributed by atoms with Crippen molar-refractivity contribution in [3.05, 3.63) is 0 Å². The third-order valence-electron chi connectivity index (χ3n) is 4.98. The zero-order chi connectivity index (χ0) is 13.9. The SMILES string of the molecule is CCCN(C(=O)CN)C1CC(OCC)C12CCCC2.Cl. The van der Waals surface area contributed by atoms with Crippen molar-refractivity contribution >= 4 is 18.3 Å². The lowest BCUT2D eigenvalue weighted by Crippen LogP contribution is -2.65. The highest BCUT2D eigenvalue weighted by atomic mass is 35.5. The molecule has 2 rings (SSSR count). The molecule has 2 aliphatic carbocycles. The number of rotatable bonds is 6. The Morgan fingerprint density at radius 1 is 1.35 bits per heavy atom. The molecule has 0 aliphatic heterocycles. The molecule has 0 radical (unpaired) electrons. The van der Waals surface area contributed by atoms with Gasteiger partial charge in [0.15, 0.2) is 0 Å². The van der Waals surface area contributed by atoms with Crippen molar-refractivity contribution in [1.82, 2.24) is 4.90 Å². The molecule has 1 spiro atoms. The van der Waals surface area contributed by atoms with Crippen LogP contribution in [0.1, 0.15) is 52.4 Å². The Morgan fingerprint density at radius 3 is 2.50 bits per heavy atom. The predicted molar refractivity (Wildman–Crippen MR) is 83.0 cm³/mol. The topological polar surface area (TPSA) is 55.6 Å². The van der Waals surface area contributed by atoms with Gasteiger partial charge in [-0.15, -0.1) is 12.4 Å². The largest absolute Gasteiger partial charge is 0.378 e. The summed E-state index contributed by atoms with van der Waals surface area (Å²) in [6, 6.07) is 0.363. The van der Waals surface area contributed by atoms with E-state index in [1.54, 1.807) is 0 Å². The molecule has 2 fully saturated rings. The van der Waals surface area contributed by atoms with E-state index in [-0.39, 0.29) is 30.3 Å². The Bertz CT molecular complexity index is 319. The first-order chi connectivity index (χ1) is 9.19. The Morgan fingerprint density at radius 2 is 2.00 bits per heavy atom. The normalized spacial score (nSPS) is 26.9. The van der Waals surface area contributed by atoms with Crippen LogP contribution >= 0.6 is 12.4 Å². The highest BCUT2D eigenvalue weighted by molar-refractivity contribution is 5.85. The van der Waals surface area contributed by atoms with Crippen LogP contribution in [0.4, 0.5) is 0 Å². The summed E-state index contributed by atoms with van der Waals surface area (Å²) < 4.78 is 5.92. The van der Waals surface area contributed by atoms with Gasteiger partial charge in [-0.2, -0.15) is 0 Å². The lowest BCUT2D eigenvalue weighted by atomic mass is 9.60. The average molecular weight is 305 g/mol. The van der Waals surface area contributed by atoms with Gasteiger partial charge in [-0.05, 0) is 32.6 Å². The molecule has 2 N–H and O–H groups in total. The summed E-state index contributed by atoms with van der Waals surface area (Å²) in [5.41, 5.74) is 5.81. The highest BCUT2D eigenvalue weighted by Gasteiger charge is 2.59. The molecular formula is C15H29ClN2O2. The van der Waals surface area contributed by atoms with Crippen molar-refractivity contribution in [3.8, 4) is 0 Å². The Balaban J connectivity index is 0.00000200. The van der Waals surface area contributed by atoms with Crippen molar-refractivity contribution in [2.24, 2.45) is 11.1 Å². The number of hydrogen-bond donors (Lipinski definition) is 1. The van der Waals surface area contributed by atoms with E-state index in [0.29, 0.717) is 12.1 Å². The van der Waals surface area contributed by atoms with Crippen molar-refractivity contribution < 1.29 is 9.53 Å². The van der Waals surface area contributed by atoms with E-state index in [9.17, 15) is 4.79 Å². The monoisotopic (exact) mass is 304 g/mol. The fraction of sp³-hybridized carbons (Fsp3) is 0.933. The number of hydrogen-bond acceptors (Lipinski definition) is 3. The van der Waals surface area contributed by atoms with Crippen LogP contribution in [0.15, 0.2) is 0 Å². The van der Waals surface area contributed by atoms with Crippen molar-refractivity contribution in [3.63, 3.8) is 0 Å². The van der Waals surface area contributed by atoms with Crippen molar-refractivity contribution in [1.29, 1.82) is 0 Å². The molecule has 2 aliphatic rings. The number of carbonyl (C=O) groups excluding carboxylic acids is 1. The molecule has 0 aromatic carbocycles. The van der Waals surface area contributed by atoms with Crippen molar-refractivity contribution in [2.75, 3.05) is 19.7 Å². The lowest BCUT2D eigenvalue weighted by molar-refractivity contribution is -0.175. The minimum atomic E-state index is 0. The summed E-state index contributed by atoms with van der Waals surface area (Å²) in [7, 11) is 0. The molecule has 0 heterocycles. The van der Waals surface area contributed by atoms with Gasteiger partial charge >= 0.3 is 0 Å². The van der Waals surface area contributed by atoms with Gasteiger partial charge in [0.2, 0.25) is 5.91 Å². The van der Waals surface area contributed by atoms with Crippen LogP contribution < -0.4 is 5.73 Å². The number of nitrogens with two attached hydrogens (primary N) is 1. The molecule has 20 heavy (non-hydrogen) atoms. The summed E-state index contributed by atoms with van der Waals surface area (Å²) in [5, 5.41) is 0. The molecule has 5 heteroatoms. The summed E-state index contributed by atoms with van der Waals surface area (Å²) in [5.74, 6) is 0.105. The van der Waals surface area contributed by atoms with E-state index in [1.807, 2.05) is 4.90 Å². The Hall–Kier alpha value is -0.320. The van der Waals surface area contributed by atoms with Crippen LogP contribution in [-0.2, 0) is 9.53 Å². The summed E-state index contributed by atoms with van der Waals surface area (Å²) in [4.78, 5) is 14.1. The van der Waals surface area contributed by atoms with E-state index in [1.165, 1.54) is 25.7 Å². The molecule has 0 aromatic heterocycles. The second kappa shape index (κ2) is 7.62. The van der Waals surface area contributed by atoms with E-state index in [2.05, 4.69) is 13.8 Å². The molecule has 1 amide bonds. The predicted octanol–water partition coefficient (Wildman–Crippen LogP) is 2.34. The van der Waals surface area contributed by atoms with Gasteiger partial charge in [0.05, 0.1) is 12.6 Å².